The zero-order valence-corrected chi connectivity index (χ0v) is 14.1. The van der Waals surface area contributed by atoms with E-state index in [0.29, 0.717) is 17.9 Å². The predicted molar refractivity (Wildman–Crippen MR) is 87.5 cm³/mol. The molecule has 0 aromatic heterocycles. The quantitative estimate of drug-likeness (QED) is 0.757. The average molecular weight is 319 g/mol. The van der Waals surface area contributed by atoms with Crippen molar-refractivity contribution in [2.24, 2.45) is 5.92 Å². The molecule has 0 radical (unpaired) electrons. The van der Waals surface area contributed by atoms with Crippen LogP contribution in [0.3, 0.4) is 0 Å². The van der Waals surface area contributed by atoms with Crippen molar-refractivity contribution in [2.45, 2.75) is 38.6 Å². The van der Waals surface area contributed by atoms with Crippen LogP contribution in [0, 0.1) is 5.92 Å². The summed E-state index contributed by atoms with van der Waals surface area (Å²) in [5, 5.41) is 0. The van der Waals surface area contributed by atoms with Crippen molar-refractivity contribution >= 4 is 11.9 Å². The Morgan fingerprint density at radius 1 is 1.22 bits per heavy atom. The fourth-order valence-corrected chi connectivity index (χ4v) is 3.16. The van der Waals surface area contributed by atoms with Crippen LogP contribution >= 0.6 is 0 Å². The summed E-state index contributed by atoms with van der Waals surface area (Å²) < 4.78 is 10.1. The summed E-state index contributed by atoms with van der Waals surface area (Å²) >= 11 is 0. The molecule has 0 aliphatic heterocycles. The molecule has 1 fully saturated rings. The Morgan fingerprint density at radius 2 is 1.87 bits per heavy atom. The Kier molecular flexibility index (Phi) is 6.02. The summed E-state index contributed by atoms with van der Waals surface area (Å²) in [5.74, 6) is -0.156. The van der Waals surface area contributed by atoms with Crippen LogP contribution in [0.5, 0.6) is 5.75 Å². The number of esters is 1. The van der Waals surface area contributed by atoms with Gasteiger partial charge >= 0.3 is 5.97 Å². The molecule has 23 heavy (non-hydrogen) atoms. The number of rotatable bonds is 6. The SMILES string of the molecule is COC(=O)C(C)CN(C(=O)c1ccccc1OC)C1CCCC1. The first-order valence-electron chi connectivity index (χ1n) is 8.10. The molecule has 1 amide bonds. The molecule has 2 rings (SSSR count). The Balaban J connectivity index is 2.25. The molecular formula is C18H25NO4. The van der Waals surface area contributed by atoms with Crippen molar-refractivity contribution in [3.63, 3.8) is 0 Å². The standard InChI is InChI=1S/C18H25NO4/c1-13(18(21)23-3)12-19(14-8-4-5-9-14)17(20)15-10-6-7-11-16(15)22-2/h6-7,10-11,13-14H,4-5,8-9,12H2,1-3H3. The lowest BCUT2D eigenvalue weighted by molar-refractivity contribution is -0.145. The highest BCUT2D eigenvalue weighted by atomic mass is 16.5. The normalized spacial score (nSPS) is 16.0. The molecule has 1 unspecified atom stereocenters. The number of nitrogens with zero attached hydrogens (tertiary/aromatic N) is 1. The molecule has 1 aliphatic carbocycles. The van der Waals surface area contributed by atoms with E-state index < -0.39 is 0 Å². The van der Waals surface area contributed by atoms with Gasteiger partial charge in [0.2, 0.25) is 0 Å². The predicted octanol–water partition coefficient (Wildman–Crippen LogP) is 2.89. The minimum absolute atomic E-state index is 0.0786. The maximum Gasteiger partial charge on any atom is 0.310 e. The van der Waals surface area contributed by atoms with Crippen molar-refractivity contribution in [3.05, 3.63) is 29.8 Å². The lowest BCUT2D eigenvalue weighted by Gasteiger charge is -2.31. The number of para-hydroxylation sites is 1. The molecule has 1 saturated carbocycles. The van der Waals surface area contributed by atoms with Gasteiger partial charge in [0.05, 0.1) is 25.7 Å². The average Bonchev–Trinajstić information content (AvgIpc) is 3.12. The maximum absolute atomic E-state index is 13.1. The van der Waals surface area contributed by atoms with E-state index in [2.05, 4.69) is 0 Å². The summed E-state index contributed by atoms with van der Waals surface area (Å²) in [5.41, 5.74) is 0.541. The molecule has 1 aliphatic rings. The van der Waals surface area contributed by atoms with E-state index in [4.69, 9.17) is 9.47 Å². The van der Waals surface area contributed by atoms with Crippen LogP contribution in [-0.4, -0.2) is 43.6 Å². The molecule has 1 aromatic carbocycles. The Bertz CT molecular complexity index is 552. The summed E-state index contributed by atoms with van der Waals surface area (Å²) in [7, 11) is 2.93. The maximum atomic E-state index is 13.1. The first-order chi connectivity index (χ1) is 11.1. The van der Waals surface area contributed by atoms with Crippen LogP contribution in [0.2, 0.25) is 0 Å². The van der Waals surface area contributed by atoms with Crippen LogP contribution in [-0.2, 0) is 9.53 Å². The second-order valence-electron chi connectivity index (χ2n) is 6.02. The number of carbonyl (C=O) groups is 2. The summed E-state index contributed by atoms with van der Waals surface area (Å²) in [6.07, 6.45) is 4.20. The third kappa shape index (κ3) is 4.03. The number of hydrogen-bond donors (Lipinski definition) is 0. The zero-order chi connectivity index (χ0) is 16.8. The van der Waals surface area contributed by atoms with Gasteiger partial charge in [-0.25, -0.2) is 0 Å². The van der Waals surface area contributed by atoms with E-state index >= 15 is 0 Å². The molecular weight excluding hydrogens is 294 g/mol. The van der Waals surface area contributed by atoms with Crippen LogP contribution in [0.25, 0.3) is 0 Å². The number of hydrogen-bond acceptors (Lipinski definition) is 4. The first kappa shape index (κ1) is 17.3. The number of ether oxygens (including phenoxy) is 2. The molecule has 1 atom stereocenters. The summed E-state index contributed by atoms with van der Waals surface area (Å²) in [6, 6.07) is 7.40. The molecule has 5 nitrogen and oxygen atoms in total. The molecule has 1 aromatic rings. The molecule has 5 heteroatoms. The Hall–Kier alpha value is -2.04. The summed E-state index contributed by atoms with van der Waals surface area (Å²) in [4.78, 5) is 26.6. The van der Waals surface area contributed by atoms with Crippen LogP contribution in [0.4, 0.5) is 0 Å². The van der Waals surface area contributed by atoms with Gasteiger partial charge in [0.15, 0.2) is 0 Å². The van der Waals surface area contributed by atoms with Gasteiger partial charge in [-0.3, -0.25) is 9.59 Å². The molecule has 0 heterocycles. The van der Waals surface area contributed by atoms with Gasteiger partial charge in [-0.2, -0.15) is 0 Å². The van der Waals surface area contributed by atoms with Crippen molar-refractivity contribution in [3.8, 4) is 5.75 Å². The number of carbonyl (C=O) groups excluding carboxylic acids is 2. The Morgan fingerprint density at radius 3 is 2.48 bits per heavy atom. The van der Waals surface area contributed by atoms with E-state index in [1.165, 1.54) is 7.11 Å². The Labute approximate surface area is 137 Å². The summed E-state index contributed by atoms with van der Waals surface area (Å²) in [6.45, 7) is 2.16. The molecule has 0 spiro atoms. The lowest BCUT2D eigenvalue weighted by atomic mass is 10.1. The fourth-order valence-electron chi connectivity index (χ4n) is 3.16. The van der Waals surface area contributed by atoms with Gasteiger partial charge in [-0.1, -0.05) is 31.9 Å². The van der Waals surface area contributed by atoms with Gasteiger partial charge in [0, 0.05) is 12.6 Å². The third-order valence-corrected chi connectivity index (χ3v) is 4.44. The topological polar surface area (TPSA) is 55.8 Å². The smallest absolute Gasteiger partial charge is 0.310 e. The van der Waals surface area contributed by atoms with Crippen LogP contribution < -0.4 is 4.74 Å². The fraction of sp³-hybridized carbons (Fsp3) is 0.556. The highest BCUT2D eigenvalue weighted by Crippen LogP contribution is 2.28. The van der Waals surface area contributed by atoms with Crippen LogP contribution in [0.15, 0.2) is 24.3 Å². The number of amides is 1. The highest BCUT2D eigenvalue weighted by molar-refractivity contribution is 5.97. The van der Waals surface area contributed by atoms with Crippen LogP contribution in [0.1, 0.15) is 43.0 Å². The number of methoxy groups -OCH3 is 2. The van der Waals surface area contributed by atoms with E-state index in [-0.39, 0.29) is 23.8 Å². The molecule has 126 valence electrons. The number of benzene rings is 1. The van der Waals surface area contributed by atoms with Crippen molar-refractivity contribution in [2.75, 3.05) is 20.8 Å². The second-order valence-corrected chi connectivity index (χ2v) is 6.02. The lowest BCUT2D eigenvalue weighted by Crippen LogP contribution is -2.43. The molecule has 0 N–H and O–H groups in total. The monoisotopic (exact) mass is 319 g/mol. The van der Waals surface area contributed by atoms with Crippen molar-refractivity contribution in [1.29, 1.82) is 0 Å². The van der Waals surface area contributed by atoms with Gasteiger partial charge in [-0.05, 0) is 25.0 Å². The van der Waals surface area contributed by atoms with Gasteiger partial charge in [0.25, 0.3) is 5.91 Å². The second kappa shape index (κ2) is 7.99. The molecule has 0 saturated heterocycles. The van der Waals surface area contributed by atoms with Crippen molar-refractivity contribution in [1.82, 2.24) is 4.90 Å². The highest BCUT2D eigenvalue weighted by Gasteiger charge is 2.31. The third-order valence-electron chi connectivity index (χ3n) is 4.44. The largest absolute Gasteiger partial charge is 0.496 e. The van der Waals surface area contributed by atoms with Gasteiger partial charge in [-0.15, -0.1) is 0 Å². The van der Waals surface area contributed by atoms with E-state index in [1.54, 1.807) is 26.2 Å². The van der Waals surface area contributed by atoms with E-state index in [0.717, 1.165) is 25.7 Å². The van der Waals surface area contributed by atoms with Gasteiger partial charge in [0.1, 0.15) is 5.75 Å². The van der Waals surface area contributed by atoms with E-state index in [9.17, 15) is 9.59 Å². The first-order valence-corrected chi connectivity index (χ1v) is 8.10. The zero-order valence-electron chi connectivity index (χ0n) is 14.1. The molecule has 0 bridgehead atoms. The van der Waals surface area contributed by atoms with Crippen molar-refractivity contribution < 1.29 is 19.1 Å². The van der Waals surface area contributed by atoms with E-state index in [1.807, 2.05) is 17.0 Å². The minimum Gasteiger partial charge on any atom is -0.496 e. The minimum atomic E-state index is -0.348. The van der Waals surface area contributed by atoms with Gasteiger partial charge < -0.3 is 14.4 Å².